The largest absolute Gasteiger partial charge is 0.312 e. The molecular weight excluding hydrogens is 160 g/mol. The fourth-order valence-corrected chi connectivity index (χ4v) is 1.47. The Balaban J connectivity index is 0.000000396. The Bertz CT molecular complexity index is 302. The van der Waals surface area contributed by atoms with Gasteiger partial charge in [0.15, 0.2) is 0 Å². The summed E-state index contributed by atoms with van der Waals surface area (Å²) in [5, 5.41) is 3.33. The van der Waals surface area contributed by atoms with Gasteiger partial charge >= 0.3 is 0 Å². The summed E-state index contributed by atoms with van der Waals surface area (Å²) >= 11 is 0. The van der Waals surface area contributed by atoms with E-state index in [1.165, 1.54) is 16.8 Å². The molecule has 0 saturated heterocycles. The summed E-state index contributed by atoms with van der Waals surface area (Å²) in [7, 11) is 0. The fourth-order valence-electron chi connectivity index (χ4n) is 1.47. The second-order valence-corrected chi connectivity index (χ2v) is 3.05. The molecule has 0 atom stereocenters. The third-order valence-electron chi connectivity index (χ3n) is 2.05. The van der Waals surface area contributed by atoms with Gasteiger partial charge in [-0.3, -0.25) is 4.98 Å². The summed E-state index contributed by atoms with van der Waals surface area (Å²) in [5.74, 6) is 0. The molecule has 0 unspecified atom stereocenters. The molecule has 0 amide bonds. The van der Waals surface area contributed by atoms with Crippen molar-refractivity contribution in [2.24, 2.45) is 0 Å². The molecule has 1 aromatic rings. The second kappa shape index (κ2) is 4.64. The minimum Gasteiger partial charge on any atom is -0.312 e. The molecule has 68 valence electrons. The number of rotatable bonds is 0. The molecule has 0 aliphatic carbocycles. The highest BCUT2D eigenvalue weighted by Gasteiger charge is 2.08. The van der Waals surface area contributed by atoms with Crippen LogP contribution >= 0.6 is 0 Å². The lowest BCUT2D eigenvalue weighted by molar-refractivity contribution is 0.629. The Morgan fingerprint density at radius 2 is 2.23 bits per heavy atom. The summed E-state index contributed by atoms with van der Waals surface area (Å²) < 4.78 is 0. The monoisotopic (exact) mass is 174 g/mol. The number of pyridine rings is 1. The average molecular weight is 174 g/mol. The molecule has 0 spiro atoms. The van der Waals surface area contributed by atoms with Gasteiger partial charge in [-0.1, -0.05) is 6.07 Å². The van der Waals surface area contributed by atoms with Gasteiger partial charge in [0.2, 0.25) is 0 Å². The lowest BCUT2D eigenvalue weighted by Crippen LogP contribution is -2.24. The lowest BCUT2D eigenvalue weighted by Gasteiger charge is -2.15. The van der Waals surface area contributed by atoms with Crippen molar-refractivity contribution in [3.8, 4) is 12.8 Å². The maximum absolute atomic E-state index is 4.38. The number of terminal acetylenes is 1. The van der Waals surface area contributed by atoms with Gasteiger partial charge in [-0.05, 0) is 18.1 Å². The summed E-state index contributed by atoms with van der Waals surface area (Å²) in [4.78, 5) is 4.38. The Hall–Kier alpha value is -1.33. The van der Waals surface area contributed by atoms with Crippen molar-refractivity contribution in [2.75, 3.05) is 6.54 Å². The molecule has 13 heavy (non-hydrogen) atoms. The first-order valence-electron chi connectivity index (χ1n) is 4.35. The molecule has 0 saturated carbocycles. The molecule has 1 aliphatic heterocycles. The average Bonchev–Trinajstić information content (AvgIpc) is 2.21. The number of hydrogen-bond donors (Lipinski definition) is 1. The zero-order chi connectivity index (χ0) is 9.68. The quantitative estimate of drug-likeness (QED) is 0.599. The first kappa shape index (κ1) is 9.76. The van der Waals surface area contributed by atoms with Gasteiger partial charge in [0, 0.05) is 31.4 Å². The number of nitrogens with zero attached hydrogens (tertiary/aromatic N) is 1. The van der Waals surface area contributed by atoms with E-state index in [-0.39, 0.29) is 0 Å². The van der Waals surface area contributed by atoms with Crippen LogP contribution in [-0.2, 0) is 13.0 Å². The van der Waals surface area contributed by atoms with Crippen LogP contribution in [0.3, 0.4) is 0 Å². The Kier molecular flexibility index (Phi) is 3.48. The molecule has 2 nitrogen and oxygen atoms in total. The van der Waals surface area contributed by atoms with Crippen molar-refractivity contribution in [3.05, 3.63) is 29.1 Å². The number of nitrogens with one attached hydrogen (secondary N) is 1. The van der Waals surface area contributed by atoms with Gasteiger partial charge < -0.3 is 5.32 Å². The maximum atomic E-state index is 4.38. The summed E-state index contributed by atoms with van der Waals surface area (Å²) in [6.45, 7) is 4.15. The summed E-state index contributed by atoms with van der Waals surface area (Å²) in [5.41, 5.74) is 3.90. The molecular formula is C11H14N2. The van der Waals surface area contributed by atoms with Gasteiger partial charge in [-0.2, -0.15) is 0 Å². The van der Waals surface area contributed by atoms with Crippen molar-refractivity contribution in [2.45, 2.75) is 19.9 Å². The SMILES string of the molecule is C#C.Cc1cnc2c(c1)CNCC2. The van der Waals surface area contributed by atoms with Crippen LogP contribution in [0.15, 0.2) is 12.3 Å². The van der Waals surface area contributed by atoms with Gasteiger partial charge in [0.25, 0.3) is 0 Å². The number of hydrogen-bond acceptors (Lipinski definition) is 2. The van der Waals surface area contributed by atoms with E-state index in [0.29, 0.717) is 0 Å². The van der Waals surface area contributed by atoms with Gasteiger partial charge in [-0.15, -0.1) is 12.8 Å². The van der Waals surface area contributed by atoms with E-state index in [1.54, 1.807) is 0 Å². The van der Waals surface area contributed by atoms with E-state index >= 15 is 0 Å². The van der Waals surface area contributed by atoms with Crippen LogP contribution in [0, 0.1) is 19.8 Å². The highest BCUT2D eigenvalue weighted by atomic mass is 14.9. The van der Waals surface area contributed by atoms with Crippen LogP contribution in [0.1, 0.15) is 16.8 Å². The fraction of sp³-hybridized carbons (Fsp3) is 0.364. The van der Waals surface area contributed by atoms with Gasteiger partial charge in [-0.25, -0.2) is 0 Å². The standard InChI is InChI=1S/C9H12N2.C2H2/c1-7-4-8-6-10-3-2-9(8)11-5-7;1-2/h4-5,10H,2-3,6H2,1H3;1-2H. The van der Waals surface area contributed by atoms with E-state index in [1.807, 2.05) is 6.20 Å². The molecule has 1 aliphatic rings. The van der Waals surface area contributed by atoms with Crippen LogP contribution in [0.5, 0.6) is 0 Å². The van der Waals surface area contributed by atoms with Crippen LogP contribution in [0.2, 0.25) is 0 Å². The minimum atomic E-state index is 0.990. The molecule has 0 bridgehead atoms. The third-order valence-corrected chi connectivity index (χ3v) is 2.05. The summed E-state index contributed by atoms with van der Waals surface area (Å²) in [6.07, 6.45) is 11.0. The van der Waals surface area contributed by atoms with Crippen LogP contribution in [0.25, 0.3) is 0 Å². The van der Waals surface area contributed by atoms with Crippen molar-refractivity contribution in [1.29, 1.82) is 0 Å². The highest BCUT2D eigenvalue weighted by molar-refractivity contribution is 5.26. The zero-order valence-electron chi connectivity index (χ0n) is 7.88. The number of aryl methyl sites for hydroxylation is 1. The maximum Gasteiger partial charge on any atom is 0.0461 e. The molecule has 2 heterocycles. The van der Waals surface area contributed by atoms with Crippen LogP contribution in [0.4, 0.5) is 0 Å². The first-order valence-corrected chi connectivity index (χ1v) is 4.35. The molecule has 0 aromatic carbocycles. The molecule has 2 rings (SSSR count). The Morgan fingerprint density at radius 3 is 3.00 bits per heavy atom. The molecule has 1 N–H and O–H groups in total. The minimum absolute atomic E-state index is 0.990. The van der Waals surface area contributed by atoms with Crippen molar-refractivity contribution in [1.82, 2.24) is 10.3 Å². The van der Waals surface area contributed by atoms with E-state index < -0.39 is 0 Å². The number of fused-ring (bicyclic) bond motifs is 1. The Morgan fingerprint density at radius 1 is 1.46 bits per heavy atom. The summed E-state index contributed by atoms with van der Waals surface area (Å²) in [6, 6.07) is 2.22. The van der Waals surface area contributed by atoms with Crippen LogP contribution < -0.4 is 5.32 Å². The lowest BCUT2D eigenvalue weighted by atomic mass is 10.1. The number of aromatic nitrogens is 1. The van der Waals surface area contributed by atoms with E-state index in [9.17, 15) is 0 Å². The molecule has 0 radical (unpaired) electrons. The molecule has 0 fully saturated rings. The Labute approximate surface area is 79.4 Å². The first-order chi connectivity index (χ1) is 6.36. The van der Waals surface area contributed by atoms with E-state index in [4.69, 9.17) is 0 Å². The third kappa shape index (κ3) is 2.30. The topological polar surface area (TPSA) is 24.9 Å². The highest BCUT2D eigenvalue weighted by Crippen LogP contribution is 2.11. The van der Waals surface area contributed by atoms with Crippen molar-refractivity contribution >= 4 is 0 Å². The zero-order valence-corrected chi connectivity index (χ0v) is 7.88. The smallest absolute Gasteiger partial charge is 0.0461 e. The second-order valence-electron chi connectivity index (χ2n) is 3.05. The van der Waals surface area contributed by atoms with Crippen LogP contribution in [-0.4, -0.2) is 11.5 Å². The normalized spacial score (nSPS) is 13.8. The van der Waals surface area contributed by atoms with Crippen molar-refractivity contribution in [3.63, 3.8) is 0 Å². The molecule has 2 heteroatoms. The van der Waals surface area contributed by atoms with E-state index in [2.05, 4.69) is 36.1 Å². The van der Waals surface area contributed by atoms with Crippen molar-refractivity contribution < 1.29 is 0 Å². The van der Waals surface area contributed by atoms with Gasteiger partial charge in [0.1, 0.15) is 0 Å². The van der Waals surface area contributed by atoms with E-state index in [0.717, 1.165) is 19.5 Å². The predicted octanol–water partition coefficient (Wildman–Crippen LogP) is 1.29. The molecule has 1 aromatic heterocycles. The predicted molar refractivity (Wildman–Crippen MR) is 54.3 cm³/mol. The van der Waals surface area contributed by atoms with Gasteiger partial charge in [0.05, 0.1) is 0 Å².